The first kappa shape index (κ1) is 19.0. The van der Waals surface area contributed by atoms with E-state index < -0.39 is 18.0 Å². The Bertz CT molecular complexity index is 815. The van der Waals surface area contributed by atoms with Crippen LogP contribution in [0.2, 0.25) is 0 Å². The average molecular weight is 364 g/mol. The minimum absolute atomic E-state index is 0.169. The Morgan fingerprint density at radius 1 is 1.00 bits per heavy atom. The zero-order chi connectivity index (χ0) is 19.2. The zero-order valence-electron chi connectivity index (χ0n) is 13.6. The maximum absolute atomic E-state index is 12.2. The summed E-state index contributed by atoms with van der Waals surface area (Å²) < 4.78 is 40.4. The smallest absolute Gasteiger partial charge is 0.406 e. The summed E-state index contributed by atoms with van der Waals surface area (Å²) in [4.78, 5) is 22.8. The van der Waals surface area contributed by atoms with E-state index in [0.717, 1.165) is 12.1 Å². The molecule has 0 bridgehead atoms. The summed E-state index contributed by atoms with van der Waals surface area (Å²) in [5.74, 6) is -1.13. The molecule has 26 heavy (non-hydrogen) atoms. The zero-order valence-corrected chi connectivity index (χ0v) is 13.6. The number of amides is 2. The van der Waals surface area contributed by atoms with E-state index in [1.54, 1.807) is 24.3 Å². The summed E-state index contributed by atoms with van der Waals surface area (Å²) in [6.45, 7) is 1.40. The Balaban J connectivity index is 1.96. The Labute approximate surface area is 147 Å². The highest BCUT2D eigenvalue weighted by Crippen LogP contribution is 2.25. The van der Waals surface area contributed by atoms with E-state index in [-0.39, 0.29) is 11.6 Å². The molecule has 0 atom stereocenters. The number of halogens is 3. The Kier molecular flexibility index (Phi) is 6.00. The Hall–Kier alpha value is -3.29. The second kappa shape index (κ2) is 8.19. The van der Waals surface area contributed by atoms with Crippen molar-refractivity contribution in [1.29, 1.82) is 0 Å². The first-order valence-corrected chi connectivity index (χ1v) is 7.44. The number of carbonyl (C=O) groups is 2. The SMILES string of the molecule is CC(=O)Nc1ccc(/C=C/C(=O)Nc2cccc(OC(F)(F)F)c2)cc1. The molecule has 2 aromatic rings. The van der Waals surface area contributed by atoms with Crippen molar-refractivity contribution in [1.82, 2.24) is 0 Å². The number of anilines is 2. The predicted octanol–water partition coefficient (Wildman–Crippen LogP) is 4.20. The molecule has 2 N–H and O–H groups in total. The van der Waals surface area contributed by atoms with Crippen LogP contribution in [0.1, 0.15) is 12.5 Å². The number of carbonyl (C=O) groups excluding carboxylic acids is 2. The molecule has 2 amide bonds. The summed E-state index contributed by atoms with van der Waals surface area (Å²) in [7, 11) is 0. The van der Waals surface area contributed by atoms with Gasteiger partial charge in [0.2, 0.25) is 11.8 Å². The lowest BCUT2D eigenvalue weighted by molar-refractivity contribution is -0.274. The van der Waals surface area contributed by atoms with Crippen LogP contribution in [-0.2, 0) is 9.59 Å². The van der Waals surface area contributed by atoms with E-state index in [0.29, 0.717) is 11.3 Å². The van der Waals surface area contributed by atoms with E-state index in [1.807, 2.05) is 0 Å². The predicted molar refractivity (Wildman–Crippen MR) is 91.5 cm³/mol. The molecule has 0 spiro atoms. The van der Waals surface area contributed by atoms with Crippen molar-refractivity contribution in [2.45, 2.75) is 13.3 Å². The van der Waals surface area contributed by atoms with Crippen molar-refractivity contribution in [3.63, 3.8) is 0 Å². The third-order valence-electron chi connectivity index (χ3n) is 2.99. The van der Waals surface area contributed by atoms with Gasteiger partial charge >= 0.3 is 6.36 Å². The van der Waals surface area contributed by atoms with Crippen LogP contribution < -0.4 is 15.4 Å². The van der Waals surface area contributed by atoms with Crippen LogP contribution in [0, 0.1) is 0 Å². The molecule has 0 saturated heterocycles. The third-order valence-corrected chi connectivity index (χ3v) is 2.99. The van der Waals surface area contributed by atoms with Gasteiger partial charge in [-0.1, -0.05) is 18.2 Å². The molecule has 0 radical (unpaired) electrons. The molecule has 0 fully saturated rings. The highest BCUT2D eigenvalue weighted by atomic mass is 19.4. The van der Waals surface area contributed by atoms with Crippen LogP contribution in [0.25, 0.3) is 6.08 Å². The van der Waals surface area contributed by atoms with Gasteiger partial charge in [-0.3, -0.25) is 9.59 Å². The molecule has 0 aliphatic heterocycles. The molecule has 136 valence electrons. The van der Waals surface area contributed by atoms with Crippen LogP contribution >= 0.6 is 0 Å². The topological polar surface area (TPSA) is 67.4 Å². The van der Waals surface area contributed by atoms with Crippen LogP contribution in [0.4, 0.5) is 24.5 Å². The van der Waals surface area contributed by atoms with Crippen molar-refractivity contribution in [3.05, 3.63) is 60.2 Å². The van der Waals surface area contributed by atoms with Crippen molar-refractivity contribution in [3.8, 4) is 5.75 Å². The lowest BCUT2D eigenvalue weighted by Gasteiger charge is -2.10. The van der Waals surface area contributed by atoms with Crippen LogP contribution in [0.15, 0.2) is 54.6 Å². The van der Waals surface area contributed by atoms with Crippen LogP contribution in [-0.4, -0.2) is 18.2 Å². The molecule has 2 aromatic carbocycles. The Morgan fingerprint density at radius 3 is 2.31 bits per heavy atom. The van der Waals surface area contributed by atoms with Crippen molar-refractivity contribution < 1.29 is 27.5 Å². The van der Waals surface area contributed by atoms with Crippen molar-refractivity contribution in [2.24, 2.45) is 0 Å². The maximum atomic E-state index is 12.2. The van der Waals surface area contributed by atoms with Gasteiger partial charge in [-0.2, -0.15) is 0 Å². The fourth-order valence-corrected chi connectivity index (χ4v) is 2.01. The number of hydrogen-bond acceptors (Lipinski definition) is 3. The van der Waals surface area contributed by atoms with E-state index in [9.17, 15) is 22.8 Å². The van der Waals surface area contributed by atoms with Crippen LogP contribution in [0.3, 0.4) is 0 Å². The monoisotopic (exact) mass is 364 g/mol. The largest absolute Gasteiger partial charge is 0.573 e. The number of rotatable bonds is 5. The number of nitrogens with one attached hydrogen (secondary N) is 2. The number of hydrogen-bond donors (Lipinski definition) is 2. The molecule has 8 heteroatoms. The van der Waals surface area contributed by atoms with Gasteiger partial charge in [-0.15, -0.1) is 13.2 Å². The van der Waals surface area contributed by atoms with E-state index in [2.05, 4.69) is 15.4 Å². The molecule has 0 aliphatic rings. The van der Waals surface area contributed by atoms with E-state index >= 15 is 0 Å². The fraction of sp³-hybridized carbons (Fsp3) is 0.111. The van der Waals surface area contributed by atoms with Gasteiger partial charge < -0.3 is 15.4 Å². The Morgan fingerprint density at radius 2 is 1.69 bits per heavy atom. The van der Waals surface area contributed by atoms with E-state index in [1.165, 1.54) is 31.2 Å². The molecule has 5 nitrogen and oxygen atoms in total. The van der Waals surface area contributed by atoms with Crippen molar-refractivity contribution >= 4 is 29.3 Å². The number of benzene rings is 2. The normalized spacial score (nSPS) is 11.2. The lowest BCUT2D eigenvalue weighted by Crippen LogP contribution is -2.17. The lowest BCUT2D eigenvalue weighted by atomic mass is 10.2. The van der Waals surface area contributed by atoms with Gasteiger partial charge in [0.1, 0.15) is 5.75 Å². The summed E-state index contributed by atoms with van der Waals surface area (Å²) >= 11 is 0. The minimum Gasteiger partial charge on any atom is -0.406 e. The van der Waals surface area contributed by atoms with Gasteiger partial charge in [0.15, 0.2) is 0 Å². The third kappa shape index (κ3) is 6.68. The fourth-order valence-electron chi connectivity index (χ4n) is 2.01. The quantitative estimate of drug-likeness (QED) is 0.782. The molecule has 0 unspecified atom stereocenters. The van der Waals surface area contributed by atoms with Gasteiger partial charge in [0.25, 0.3) is 0 Å². The van der Waals surface area contributed by atoms with Gasteiger partial charge in [0.05, 0.1) is 0 Å². The van der Waals surface area contributed by atoms with E-state index in [4.69, 9.17) is 0 Å². The maximum Gasteiger partial charge on any atom is 0.573 e. The molecule has 0 aromatic heterocycles. The highest BCUT2D eigenvalue weighted by Gasteiger charge is 2.31. The number of ether oxygens (including phenoxy) is 1. The summed E-state index contributed by atoms with van der Waals surface area (Å²) in [6, 6.07) is 11.7. The van der Waals surface area contributed by atoms with Crippen LogP contribution in [0.5, 0.6) is 5.75 Å². The molecule has 2 rings (SSSR count). The second-order valence-corrected chi connectivity index (χ2v) is 5.20. The van der Waals surface area contributed by atoms with Gasteiger partial charge in [-0.25, -0.2) is 0 Å². The number of alkyl halides is 3. The summed E-state index contributed by atoms with van der Waals surface area (Å²) in [5.41, 5.74) is 1.51. The van der Waals surface area contributed by atoms with Crippen molar-refractivity contribution in [2.75, 3.05) is 10.6 Å². The minimum atomic E-state index is -4.80. The molecular formula is C18H15F3N2O3. The first-order valence-electron chi connectivity index (χ1n) is 7.44. The molecule has 0 aliphatic carbocycles. The second-order valence-electron chi connectivity index (χ2n) is 5.20. The first-order chi connectivity index (χ1) is 12.2. The summed E-state index contributed by atoms with van der Waals surface area (Å²) in [5, 5.41) is 5.06. The van der Waals surface area contributed by atoms with Gasteiger partial charge in [0, 0.05) is 30.4 Å². The van der Waals surface area contributed by atoms with Gasteiger partial charge in [-0.05, 0) is 35.9 Å². The average Bonchev–Trinajstić information content (AvgIpc) is 2.52. The molecule has 0 heterocycles. The molecule has 0 saturated carbocycles. The standard InChI is InChI=1S/C18H15F3N2O3/c1-12(24)22-14-8-5-13(6-9-14)7-10-17(25)23-15-3-2-4-16(11-15)26-18(19,20)21/h2-11H,1H3,(H,22,24)(H,23,25)/b10-7+. The summed E-state index contributed by atoms with van der Waals surface area (Å²) in [6.07, 6.45) is -2.03. The highest BCUT2D eigenvalue weighted by molar-refractivity contribution is 6.02. The molecular weight excluding hydrogens is 349 g/mol.